The first-order chi connectivity index (χ1) is 9.56. The molecule has 0 amide bonds. The summed E-state index contributed by atoms with van der Waals surface area (Å²) in [6.45, 7) is 5.84. The van der Waals surface area contributed by atoms with Gasteiger partial charge < -0.3 is 15.2 Å². The highest BCUT2D eigenvalue weighted by Gasteiger charge is 2.21. The summed E-state index contributed by atoms with van der Waals surface area (Å²) in [5.41, 5.74) is 9.85. The molecule has 0 saturated carbocycles. The molecule has 2 N–H and O–H groups in total. The molecule has 0 spiro atoms. The van der Waals surface area contributed by atoms with Gasteiger partial charge in [-0.05, 0) is 37.5 Å². The molecule has 106 valence electrons. The van der Waals surface area contributed by atoms with Crippen LogP contribution in [0.5, 0.6) is 0 Å². The Kier molecular flexibility index (Phi) is 3.22. The number of aryl methyl sites for hydroxylation is 1. The van der Waals surface area contributed by atoms with Crippen molar-refractivity contribution in [2.24, 2.45) is 12.8 Å². The van der Waals surface area contributed by atoms with Crippen LogP contribution >= 0.6 is 0 Å². The normalized spacial score (nSPS) is 15.5. The Morgan fingerprint density at radius 1 is 1.35 bits per heavy atom. The molecule has 20 heavy (non-hydrogen) atoms. The van der Waals surface area contributed by atoms with Gasteiger partial charge in [-0.1, -0.05) is 12.1 Å². The highest BCUT2D eigenvalue weighted by Crippen LogP contribution is 2.31. The van der Waals surface area contributed by atoms with E-state index in [9.17, 15) is 0 Å². The van der Waals surface area contributed by atoms with Gasteiger partial charge in [0.25, 0.3) is 0 Å². The third-order valence-corrected chi connectivity index (χ3v) is 4.14. The predicted molar refractivity (Wildman–Crippen MR) is 79.5 cm³/mol. The van der Waals surface area contributed by atoms with E-state index in [0.717, 1.165) is 31.2 Å². The van der Waals surface area contributed by atoms with Crippen molar-refractivity contribution in [2.75, 3.05) is 11.4 Å². The van der Waals surface area contributed by atoms with Gasteiger partial charge in [0.05, 0.1) is 6.54 Å². The molecule has 1 aromatic heterocycles. The quantitative estimate of drug-likeness (QED) is 0.923. The molecule has 1 atom stereocenters. The molecule has 1 aliphatic heterocycles. The second-order valence-corrected chi connectivity index (χ2v) is 5.57. The van der Waals surface area contributed by atoms with Crippen LogP contribution < -0.4 is 10.6 Å². The number of fused-ring (bicyclic) bond motifs is 1. The number of rotatable bonds is 3. The first kappa shape index (κ1) is 13.1. The number of hydrogen-bond acceptors (Lipinski definition) is 4. The average Bonchev–Trinajstić information content (AvgIpc) is 2.97. The molecular weight excluding hydrogens is 250 g/mol. The molecule has 2 heterocycles. The van der Waals surface area contributed by atoms with Crippen molar-refractivity contribution in [2.45, 2.75) is 32.9 Å². The van der Waals surface area contributed by atoms with Crippen LogP contribution in [0.2, 0.25) is 0 Å². The molecule has 0 fully saturated rings. The largest absolute Gasteiger partial charge is 0.363 e. The van der Waals surface area contributed by atoms with E-state index < -0.39 is 0 Å². The summed E-state index contributed by atoms with van der Waals surface area (Å²) < 4.78 is 2.05. The second-order valence-electron chi connectivity index (χ2n) is 5.57. The molecule has 5 nitrogen and oxygen atoms in total. The molecule has 1 aliphatic rings. The van der Waals surface area contributed by atoms with Gasteiger partial charge in [0.2, 0.25) is 0 Å². The van der Waals surface area contributed by atoms with Gasteiger partial charge >= 0.3 is 0 Å². The van der Waals surface area contributed by atoms with Gasteiger partial charge in [-0.2, -0.15) is 0 Å². The Bertz CT molecular complexity index is 629. The lowest BCUT2D eigenvalue weighted by molar-refractivity contribution is 0.724. The zero-order chi connectivity index (χ0) is 14.3. The fourth-order valence-electron chi connectivity index (χ4n) is 2.70. The third kappa shape index (κ3) is 2.18. The fourth-order valence-corrected chi connectivity index (χ4v) is 2.70. The van der Waals surface area contributed by atoms with E-state index in [-0.39, 0.29) is 6.04 Å². The molecule has 5 heteroatoms. The van der Waals surface area contributed by atoms with Crippen LogP contribution in [-0.2, 0) is 20.0 Å². The summed E-state index contributed by atoms with van der Waals surface area (Å²) in [4.78, 5) is 2.36. The number of benzene rings is 1. The van der Waals surface area contributed by atoms with Gasteiger partial charge in [-0.3, -0.25) is 0 Å². The maximum atomic E-state index is 5.95. The molecule has 0 radical (unpaired) electrons. The lowest BCUT2D eigenvalue weighted by atomic mass is 10.0. The van der Waals surface area contributed by atoms with Crippen molar-refractivity contribution in [3.63, 3.8) is 0 Å². The smallest absolute Gasteiger partial charge is 0.152 e. The molecule has 1 aromatic carbocycles. The first-order valence-corrected chi connectivity index (χ1v) is 7.04. The highest BCUT2D eigenvalue weighted by molar-refractivity contribution is 5.59. The van der Waals surface area contributed by atoms with Crippen molar-refractivity contribution in [3.8, 4) is 0 Å². The number of hydrogen-bond donors (Lipinski definition) is 1. The summed E-state index contributed by atoms with van der Waals surface area (Å²) in [7, 11) is 2.01. The second kappa shape index (κ2) is 4.90. The van der Waals surface area contributed by atoms with E-state index in [4.69, 9.17) is 5.73 Å². The van der Waals surface area contributed by atoms with Crippen LogP contribution in [0.4, 0.5) is 5.69 Å². The Morgan fingerprint density at radius 2 is 2.15 bits per heavy atom. The molecular formula is C15H21N5. The van der Waals surface area contributed by atoms with Crippen molar-refractivity contribution in [1.29, 1.82) is 0 Å². The molecule has 3 rings (SSSR count). The van der Waals surface area contributed by atoms with Crippen molar-refractivity contribution >= 4 is 5.69 Å². The summed E-state index contributed by atoms with van der Waals surface area (Å²) in [6.07, 6.45) is 1.08. The van der Waals surface area contributed by atoms with Gasteiger partial charge in [0.15, 0.2) is 5.82 Å². The van der Waals surface area contributed by atoms with Crippen LogP contribution in [0.25, 0.3) is 0 Å². The van der Waals surface area contributed by atoms with E-state index in [1.54, 1.807) is 0 Å². The minimum atomic E-state index is 0.0933. The zero-order valence-corrected chi connectivity index (χ0v) is 12.3. The Labute approximate surface area is 119 Å². The van der Waals surface area contributed by atoms with E-state index in [0.29, 0.717) is 0 Å². The number of anilines is 1. The highest BCUT2D eigenvalue weighted by atomic mass is 15.3. The molecule has 1 unspecified atom stereocenters. The summed E-state index contributed by atoms with van der Waals surface area (Å²) in [6, 6.07) is 6.64. The standard InChI is InChI=1S/C15H21N5/c1-10(16)12-4-5-14-13(8-12)6-7-20(14)9-15-18-17-11(2)19(15)3/h4-5,8,10H,6-7,9,16H2,1-3H3. The molecule has 0 saturated heterocycles. The summed E-state index contributed by atoms with van der Waals surface area (Å²) in [5.74, 6) is 1.96. The van der Waals surface area contributed by atoms with Gasteiger partial charge in [-0.25, -0.2) is 0 Å². The van der Waals surface area contributed by atoms with Crippen molar-refractivity contribution in [3.05, 3.63) is 41.0 Å². The first-order valence-electron chi connectivity index (χ1n) is 7.04. The maximum absolute atomic E-state index is 5.95. The Morgan fingerprint density at radius 3 is 2.80 bits per heavy atom. The van der Waals surface area contributed by atoms with E-state index in [2.05, 4.69) is 33.3 Å². The number of aromatic nitrogens is 3. The van der Waals surface area contributed by atoms with Gasteiger partial charge in [-0.15, -0.1) is 10.2 Å². The molecule has 0 aliphatic carbocycles. The van der Waals surface area contributed by atoms with Crippen molar-refractivity contribution in [1.82, 2.24) is 14.8 Å². The van der Waals surface area contributed by atoms with Crippen molar-refractivity contribution < 1.29 is 0 Å². The van der Waals surface area contributed by atoms with E-state index in [1.807, 2.05) is 25.5 Å². The van der Waals surface area contributed by atoms with Crippen LogP contribution in [0.15, 0.2) is 18.2 Å². The third-order valence-electron chi connectivity index (χ3n) is 4.14. The SMILES string of the molecule is Cc1nnc(CN2CCc3cc(C(C)N)ccc32)n1C. The Hall–Kier alpha value is -1.88. The molecule has 0 bridgehead atoms. The summed E-state index contributed by atoms with van der Waals surface area (Å²) >= 11 is 0. The van der Waals surface area contributed by atoms with Crippen LogP contribution in [0.3, 0.4) is 0 Å². The average molecular weight is 271 g/mol. The number of nitrogens with two attached hydrogens (primary N) is 1. The molecule has 2 aromatic rings. The predicted octanol–water partition coefficient (Wildman–Crippen LogP) is 1.71. The lowest BCUT2D eigenvalue weighted by Gasteiger charge is -2.19. The number of nitrogens with zero attached hydrogens (tertiary/aromatic N) is 4. The van der Waals surface area contributed by atoms with Crippen LogP contribution in [0.1, 0.15) is 35.7 Å². The van der Waals surface area contributed by atoms with E-state index in [1.165, 1.54) is 16.8 Å². The van der Waals surface area contributed by atoms with Crippen LogP contribution in [-0.4, -0.2) is 21.3 Å². The van der Waals surface area contributed by atoms with Gasteiger partial charge in [0.1, 0.15) is 5.82 Å². The zero-order valence-electron chi connectivity index (χ0n) is 12.3. The van der Waals surface area contributed by atoms with Gasteiger partial charge in [0, 0.05) is 25.3 Å². The minimum Gasteiger partial charge on any atom is -0.363 e. The fraction of sp³-hybridized carbons (Fsp3) is 0.467. The summed E-state index contributed by atoms with van der Waals surface area (Å²) in [5, 5.41) is 8.37. The maximum Gasteiger partial charge on any atom is 0.152 e. The van der Waals surface area contributed by atoms with Crippen LogP contribution in [0, 0.1) is 6.92 Å². The topological polar surface area (TPSA) is 60.0 Å². The lowest BCUT2D eigenvalue weighted by Crippen LogP contribution is -2.22. The van der Waals surface area contributed by atoms with E-state index >= 15 is 0 Å². The Balaban J connectivity index is 1.84. The minimum absolute atomic E-state index is 0.0933. The monoisotopic (exact) mass is 271 g/mol.